The molecule has 4 heterocycles. The first kappa shape index (κ1) is 41.9. The van der Waals surface area contributed by atoms with Gasteiger partial charge in [0.2, 0.25) is 0 Å². The van der Waals surface area contributed by atoms with Crippen molar-refractivity contribution >= 4 is 87.2 Å². The van der Waals surface area contributed by atoms with E-state index in [1.54, 1.807) is 27.3 Å². The quantitative estimate of drug-likeness (QED) is 0.153. The normalized spacial score (nSPS) is 12.6. The Labute approximate surface area is 406 Å². The summed E-state index contributed by atoms with van der Waals surface area (Å²) in [7, 11) is 0. The number of hydrogen-bond donors (Lipinski definition) is 0. The van der Waals surface area contributed by atoms with Crippen molar-refractivity contribution in [3.8, 4) is 33.9 Å². The highest BCUT2D eigenvalue weighted by atomic mass is 19.4. The molecule has 0 amide bonds. The molecule has 0 radical (unpaired) electrons. The van der Waals surface area contributed by atoms with Crippen molar-refractivity contribution in [3.63, 3.8) is 0 Å². The van der Waals surface area contributed by atoms with E-state index in [0.717, 1.165) is 66.9 Å². The van der Waals surface area contributed by atoms with Gasteiger partial charge in [0.15, 0.2) is 0 Å². The van der Waals surface area contributed by atoms with E-state index in [9.17, 15) is 13.2 Å². The Kier molecular flexibility index (Phi) is 8.87. The van der Waals surface area contributed by atoms with Gasteiger partial charge >= 0.3 is 12.4 Å². The molecule has 0 unspecified atom stereocenters. The van der Waals surface area contributed by atoms with Crippen LogP contribution in [0.1, 0.15) is 11.1 Å². The maximum absolute atomic E-state index is 17.5. The maximum atomic E-state index is 17.5. The molecule has 14 rings (SSSR count). The van der Waals surface area contributed by atoms with Gasteiger partial charge in [-0.2, -0.15) is 26.3 Å². The van der Waals surface area contributed by atoms with Crippen LogP contribution in [0.5, 0.6) is 0 Å². The molecule has 4 nitrogen and oxygen atoms in total. The summed E-state index contributed by atoms with van der Waals surface area (Å²) >= 11 is 0. The molecule has 10 aromatic carbocycles. The van der Waals surface area contributed by atoms with Gasteiger partial charge in [-0.1, -0.05) is 152 Å². The van der Waals surface area contributed by atoms with E-state index < -0.39 is 23.5 Å². The van der Waals surface area contributed by atoms with E-state index in [2.05, 4.69) is 9.13 Å². The molecule has 0 aliphatic carbocycles. The number of hydrogen-bond acceptors (Lipinski definition) is 0. The number of alkyl halides is 6. The molecule has 0 aliphatic rings. The van der Waals surface area contributed by atoms with Crippen LogP contribution < -0.4 is 0 Å². The van der Waals surface area contributed by atoms with Crippen LogP contribution in [-0.2, 0) is 12.4 Å². The number of fused-ring (bicyclic) bond motifs is 14. The Bertz CT molecular complexity index is 4530. The van der Waals surface area contributed by atoms with E-state index in [4.69, 9.17) is 0 Å². The number of halogens is 6. The topological polar surface area (TPSA) is 19.7 Å². The predicted octanol–water partition coefficient (Wildman–Crippen LogP) is 17.8. The fraction of sp³-hybridized carbons (Fsp3) is 0.0323. The van der Waals surface area contributed by atoms with Gasteiger partial charge in [-0.25, -0.2) is 0 Å². The van der Waals surface area contributed by atoms with Crippen LogP contribution in [0.25, 0.3) is 121 Å². The van der Waals surface area contributed by atoms with Gasteiger partial charge in [0.1, 0.15) is 5.56 Å². The van der Waals surface area contributed by atoms with Crippen LogP contribution >= 0.6 is 0 Å². The fourth-order valence-corrected chi connectivity index (χ4v) is 11.5. The van der Waals surface area contributed by atoms with Crippen LogP contribution in [0.15, 0.2) is 218 Å². The Hall–Kier alpha value is -9.02. The number of rotatable bonds is 5. The van der Waals surface area contributed by atoms with Gasteiger partial charge < -0.3 is 18.3 Å². The first-order valence-electron chi connectivity index (χ1n) is 23.5. The molecular formula is C62H36F6N4. The summed E-state index contributed by atoms with van der Waals surface area (Å²) in [5.41, 5.74) is 4.18. The lowest BCUT2D eigenvalue weighted by atomic mass is 9.95. The molecule has 0 saturated carbocycles. The van der Waals surface area contributed by atoms with Crippen molar-refractivity contribution < 1.29 is 26.3 Å². The Balaban J connectivity index is 1.23. The van der Waals surface area contributed by atoms with Crippen LogP contribution in [0, 0.1) is 0 Å². The number of para-hydroxylation sites is 6. The fourth-order valence-electron chi connectivity index (χ4n) is 11.5. The molecule has 346 valence electrons. The third-order valence-corrected chi connectivity index (χ3v) is 14.4. The molecule has 0 N–H and O–H groups in total. The summed E-state index contributed by atoms with van der Waals surface area (Å²) in [6.07, 6.45) is -9.87. The zero-order valence-electron chi connectivity index (χ0n) is 37.8. The average Bonchev–Trinajstić information content (AvgIpc) is 4.13. The molecule has 10 heteroatoms. The van der Waals surface area contributed by atoms with E-state index >= 15 is 13.2 Å². The van der Waals surface area contributed by atoms with Crippen molar-refractivity contribution in [2.24, 2.45) is 0 Å². The van der Waals surface area contributed by atoms with Gasteiger partial charge in [-0.05, 0) is 72.3 Å². The summed E-state index contributed by atoms with van der Waals surface area (Å²) in [5, 5.41) is 6.29. The standard InChI is InChI=1S/C62H36F6N4/c63-61(64,65)38-17-15-16-37(36-38)41-34-35-54(71-52-28-13-9-24-44(52)48-32-30-46-42-22-7-11-26-50(42)69(57(46)59(48)71)39-18-3-1-4-19-39)55(62(66,67)68)56(41)72-53-29-14-10-25-45(53)49-33-31-47-43-23-8-12-27-51(43)70(58(47)60(49)72)40-20-5-2-6-21-40/h1-36H. The van der Waals surface area contributed by atoms with Crippen molar-refractivity contribution in [1.82, 2.24) is 18.3 Å². The van der Waals surface area contributed by atoms with Gasteiger partial charge in [0.05, 0.1) is 61.1 Å². The van der Waals surface area contributed by atoms with Gasteiger partial charge in [-0.3, -0.25) is 0 Å². The van der Waals surface area contributed by atoms with E-state index in [-0.39, 0.29) is 22.5 Å². The highest BCUT2D eigenvalue weighted by Crippen LogP contribution is 2.51. The number of aromatic nitrogens is 4. The van der Waals surface area contributed by atoms with Crippen molar-refractivity contribution in [2.45, 2.75) is 12.4 Å². The highest BCUT2D eigenvalue weighted by Gasteiger charge is 2.41. The third-order valence-electron chi connectivity index (χ3n) is 14.4. The summed E-state index contributed by atoms with van der Waals surface area (Å²) in [4.78, 5) is 0. The first-order chi connectivity index (χ1) is 35.1. The SMILES string of the molecule is FC(F)(F)c1cccc(-c2ccc(-n3c4ccccc4c4ccc5c6ccccc6n(-c6ccccc6)c5c43)c(C(F)(F)F)c2-n2c3ccccc3c3ccc4c5ccccc5n(-c5ccccc5)c4c32)c1. The minimum atomic E-state index is -5.10. The number of benzene rings is 10. The highest BCUT2D eigenvalue weighted by molar-refractivity contribution is 6.26. The van der Waals surface area contributed by atoms with Gasteiger partial charge in [0, 0.05) is 60.0 Å². The van der Waals surface area contributed by atoms with Crippen molar-refractivity contribution in [2.75, 3.05) is 0 Å². The second kappa shape index (κ2) is 15.2. The van der Waals surface area contributed by atoms with E-state index in [1.165, 1.54) is 18.2 Å². The summed E-state index contributed by atoms with van der Waals surface area (Å²) in [6, 6.07) is 65.6. The lowest BCUT2D eigenvalue weighted by Gasteiger charge is -2.25. The molecule has 72 heavy (non-hydrogen) atoms. The van der Waals surface area contributed by atoms with Crippen LogP contribution in [0.3, 0.4) is 0 Å². The van der Waals surface area contributed by atoms with Crippen LogP contribution in [-0.4, -0.2) is 18.3 Å². The molecule has 4 aromatic heterocycles. The Morgan fingerprint density at radius 3 is 1.12 bits per heavy atom. The van der Waals surface area contributed by atoms with Gasteiger partial charge in [-0.15, -0.1) is 0 Å². The summed E-state index contributed by atoms with van der Waals surface area (Å²) in [6.45, 7) is 0. The zero-order chi connectivity index (χ0) is 48.6. The van der Waals surface area contributed by atoms with Crippen molar-refractivity contribution in [1.29, 1.82) is 0 Å². The molecule has 0 saturated heterocycles. The minimum Gasteiger partial charge on any atom is -0.307 e. The minimum absolute atomic E-state index is 0.0209. The molecule has 14 aromatic rings. The van der Waals surface area contributed by atoms with Gasteiger partial charge in [0.25, 0.3) is 0 Å². The van der Waals surface area contributed by atoms with Crippen LogP contribution in [0.4, 0.5) is 26.3 Å². The second-order valence-corrected chi connectivity index (χ2v) is 18.2. The molecule has 0 bridgehead atoms. The second-order valence-electron chi connectivity index (χ2n) is 18.2. The largest absolute Gasteiger partial charge is 0.420 e. The monoisotopic (exact) mass is 950 g/mol. The molecule has 0 aliphatic heterocycles. The third kappa shape index (κ3) is 5.95. The van der Waals surface area contributed by atoms with Crippen LogP contribution in [0.2, 0.25) is 0 Å². The van der Waals surface area contributed by atoms with Crippen molar-refractivity contribution in [3.05, 3.63) is 230 Å². The zero-order valence-corrected chi connectivity index (χ0v) is 37.8. The first-order valence-corrected chi connectivity index (χ1v) is 23.5. The molecule has 0 fully saturated rings. The van der Waals surface area contributed by atoms with E-state index in [1.807, 2.05) is 170 Å². The maximum Gasteiger partial charge on any atom is 0.420 e. The number of nitrogens with zero attached hydrogens (tertiary/aromatic N) is 4. The average molecular weight is 951 g/mol. The Morgan fingerprint density at radius 1 is 0.292 bits per heavy atom. The molecule has 0 spiro atoms. The smallest absolute Gasteiger partial charge is 0.307 e. The summed E-state index contributed by atoms with van der Waals surface area (Å²) in [5.74, 6) is 0. The Morgan fingerprint density at radius 2 is 0.681 bits per heavy atom. The lowest BCUT2D eigenvalue weighted by molar-refractivity contribution is -0.138. The predicted molar refractivity (Wildman–Crippen MR) is 279 cm³/mol. The summed E-state index contributed by atoms with van der Waals surface area (Å²) < 4.78 is 104. The molecule has 0 atom stereocenters. The van der Waals surface area contributed by atoms with E-state index in [0.29, 0.717) is 43.9 Å². The molecular weight excluding hydrogens is 915 g/mol. The lowest BCUT2D eigenvalue weighted by Crippen LogP contribution is -2.17.